The molecule has 0 fully saturated rings. The average Bonchev–Trinajstić information content (AvgIpc) is 2.11. The highest BCUT2D eigenvalue weighted by Crippen LogP contribution is 2.28. The summed E-state index contributed by atoms with van der Waals surface area (Å²) in [5.74, 6) is 0.0463. The van der Waals surface area contributed by atoms with E-state index in [4.69, 9.17) is 0 Å². The Kier molecular flexibility index (Phi) is 1.74. The highest BCUT2D eigenvalue weighted by molar-refractivity contribution is 5.97. The summed E-state index contributed by atoms with van der Waals surface area (Å²) >= 11 is 0. The summed E-state index contributed by atoms with van der Waals surface area (Å²) in [5.41, 5.74) is -0.00859. The molecule has 0 radical (unpaired) electrons. The van der Waals surface area contributed by atoms with Crippen LogP contribution in [0.25, 0.3) is 0 Å². The molecule has 3 heteroatoms. The summed E-state index contributed by atoms with van der Waals surface area (Å²) in [5, 5.41) is 5.32. The molecule has 1 aliphatic heterocycles. The van der Waals surface area contributed by atoms with Crippen LogP contribution in [0.2, 0.25) is 0 Å². The molecule has 0 saturated heterocycles. The molecule has 11 heavy (non-hydrogen) atoms. The summed E-state index contributed by atoms with van der Waals surface area (Å²) in [6.07, 6.45) is 1.72. The standard InChI is InChI=1S/C8H14N2O/c1-8(2,3)6-5-9-10(4)7(6)11/h5-6H,1-4H3. The Morgan fingerprint density at radius 3 is 2.27 bits per heavy atom. The third-order valence-electron chi connectivity index (χ3n) is 1.91. The van der Waals surface area contributed by atoms with Crippen molar-refractivity contribution in [1.29, 1.82) is 0 Å². The Hall–Kier alpha value is -0.860. The fraction of sp³-hybridized carbons (Fsp3) is 0.750. The first kappa shape index (κ1) is 8.24. The van der Waals surface area contributed by atoms with Crippen LogP contribution >= 0.6 is 0 Å². The maximum absolute atomic E-state index is 11.4. The zero-order chi connectivity index (χ0) is 8.65. The number of hydrazone groups is 1. The van der Waals surface area contributed by atoms with Gasteiger partial charge in [0.05, 0.1) is 5.92 Å². The van der Waals surface area contributed by atoms with Gasteiger partial charge in [0.15, 0.2) is 0 Å². The number of nitrogens with zero attached hydrogens (tertiary/aromatic N) is 2. The molecule has 1 aliphatic rings. The Morgan fingerprint density at radius 2 is 2.09 bits per heavy atom. The van der Waals surface area contributed by atoms with Crippen molar-refractivity contribution in [3.05, 3.63) is 0 Å². The van der Waals surface area contributed by atoms with Crippen LogP contribution in [0.5, 0.6) is 0 Å². The van der Waals surface area contributed by atoms with Gasteiger partial charge in [0.25, 0.3) is 5.91 Å². The van der Waals surface area contributed by atoms with Gasteiger partial charge in [-0.1, -0.05) is 20.8 Å². The van der Waals surface area contributed by atoms with Crippen molar-refractivity contribution in [2.75, 3.05) is 7.05 Å². The van der Waals surface area contributed by atoms with Crippen molar-refractivity contribution in [2.45, 2.75) is 20.8 Å². The van der Waals surface area contributed by atoms with E-state index in [9.17, 15) is 4.79 Å². The lowest BCUT2D eigenvalue weighted by atomic mass is 9.81. The van der Waals surface area contributed by atoms with E-state index >= 15 is 0 Å². The van der Waals surface area contributed by atoms with Gasteiger partial charge in [0.1, 0.15) is 0 Å². The topological polar surface area (TPSA) is 32.7 Å². The van der Waals surface area contributed by atoms with Gasteiger partial charge in [-0.25, -0.2) is 5.01 Å². The molecule has 0 N–H and O–H groups in total. The number of carbonyl (C=O) groups excluding carboxylic acids is 1. The van der Waals surface area contributed by atoms with Crippen molar-refractivity contribution < 1.29 is 4.79 Å². The van der Waals surface area contributed by atoms with E-state index in [1.54, 1.807) is 13.3 Å². The van der Waals surface area contributed by atoms with E-state index in [0.29, 0.717) is 0 Å². The van der Waals surface area contributed by atoms with Gasteiger partial charge in [-0.05, 0) is 5.41 Å². The van der Waals surface area contributed by atoms with E-state index in [0.717, 1.165) is 0 Å². The quantitative estimate of drug-likeness (QED) is 0.514. The molecule has 1 atom stereocenters. The van der Waals surface area contributed by atoms with E-state index in [2.05, 4.69) is 5.10 Å². The molecule has 1 amide bonds. The maximum atomic E-state index is 11.4. The monoisotopic (exact) mass is 154 g/mol. The molecule has 0 aromatic heterocycles. The van der Waals surface area contributed by atoms with E-state index in [1.165, 1.54) is 5.01 Å². The largest absolute Gasteiger partial charge is 0.272 e. The minimum Gasteiger partial charge on any atom is -0.272 e. The Labute approximate surface area is 67.1 Å². The molecule has 62 valence electrons. The Balaban J connectivity index is 2.79. The van der Waals surface area contributed by atoms with Crippen LogP contribution in [-0.4, -0.2) is 24.2 Å². The molecule has 0 aliphatic carbocycles. The summed E-state index contributed by atoms with van der Waals surface area (Å²) in [6, 6.07) is 0. The maximum Gasteiger partial charge on any atom is 0.251 e. The second-order valence-electron chi connectivity index (χ2n) is 3.97. The molecule has 1 heterocycles. The van der Waals surface area contributed by atoms with E-state index in [1.807, 2.05) is 20.8 Å². The lowest BCUT2D eigenvalue weighted by molar-refractivity contribution is -0.132. The molecular weight excluding hydrogens is 140 g/mol. The molecule has 3 nitrogen and oxygen atoms in total. The minimum absolute atomic E-state index is 0.00859. The first-order chi connectivity index (χ1) is 4.93. The van der Waals surface area contributed by atoms with Crippen LogP contribution in [0, 0.1) is 11.3 Å². The average molecular weight is 154 g/mol. The predicted octanol–water partition coefficient (Wildman–Crippen LogP) is 1.11. The van der Waals surface area contributed by atoms with Gasteiger partial charge < -0.3 is 0 Å². The Morgan fingerprint density at radius 1 is 1.55 bits per heavy atom. The van der Waals surface area contributed by atoms with Crippen molar-refractivity contribution in [3.63, 3.8) is 0 Å². The number of amides is 1. The van der Waals surface area contributed by atoms with E-state index < -0.39 is 0 Å². The zero-order valence-electron chi connectivity index (χ0n) is 7.46. The van der Waals surface area contributed by atoms with Gasteiger partial charge in [0.2, 0.25) is 0 Å². The van der Waals surface area contributed by atoms with Crippen molar-refractivity contribution in [2.24, 2.45) is 16.4 Å². The fourth-order valence-corrected chi connectivity index (χ4v) is 1.08. The van der Waals surface area contributed by atoms with Crippen LogP contribution < -0.4 is 0 Å². The number of rotatable bonds is 0. The predicted molar refractivity (Wildman–Crippen MR) is 44.2 cm³/mol. The first-order valence-electron chi connectivity index (χ1n) is 3.74. The number of hydrogen-bond acceptors (Lipinski definition) is 2. The van der Waals surface area contributed by atoms with Gasteiger partial charge in [0, 0.05) is 13.3 Å². The zero-order valence-corrected chi connectivity index (χ0v) is 7.46. The smallest absolute Gasteiger partial charge is 0.251 e. The number of hydrogen-bond donors (Lipinski definition) is 0. The third kappa shape index (κ3) is 1.42. The molecule has 1 unspecified atom stereocenters. The summed E-state index contributed by atoms with van der Waals surface area (Å²) in [4.78, 5) is 11.4. The van der Waals surface area contributed by atoms with Gasteiger partial charge >= 0.3 is 0 Å². The molecule has 0 aromatic rings. The molecule has 0 spiro atoms. The first-order valence-corrected chi connectivity index (χ1v) is 3.74. The van der Waals surface area contributed by atoms with Gasteiger partial charge in [-0.15, -0.1) is 0 Å². The minimum atomic E-state index is -0.0486. The lowest BCUT2D eigenvalue weighted by Crippen LogP contribution is -2.31. The van der Waals surface area contributed by atoms with Gasteiger partial charge in [-0.3, -0.25) is 4.79 Å². The molecule has 1 rings (SSSR count). The van der Waals surface area contributed by atoms with Crippen molar-refractivity contribution >= 4 is 12.1 Å². The third-order valence-corrected chi connectivity index (χ3v) is 1.91. The highest BCUT2D eigenvalue weighted by atomic mass is 16.2. The fourth-order valence-electron chi connectivity index (χ4n) is 1.08. The van der Waals surface area contributed by atoms with Crippen molar-refractivity contribution in [3.8, 4) is 0 Å². The lowest BCUT2D eigenvalue weighted by Gasteiger charge is -2.22. The van der Waals surface area contributed by atoms with Crippen molar-refractivity contribution in [1.82, 2.24) is 5.01 Å². The van der Waals surface area contributed by atoms with Gasteiger partial charge in [-0.2, -0.15) is 5.10 Å². The highest BCUT2D eigenvalue weighted by Gasteiger charge is 2.35. The SMILES string of the molecule is CN1N=CC(C(C)(C)C)C1=O. The molecular formula is C8H14N2O. The number of carbonyl (C=O) groups is 1. The second-order valence-corrected chi connectivity index (χ2v) is 3.97. The molecule has 0 saturated carbocycles. The molecule has 0 bridgehead atoms. The summed E-state index contributed by atoms with van der Waals surface area (Å²) < 4.78 is 0. The van der Waals surface area contributed by atoms with E-state index in [-0.39, 0.29) is 17.2 Å². The van der Waals surface area contributed by atoms with Crippen LogP contribution in [0.15, 0.2) is 5.10 Å². The summed E-state index contributed by atoms with van der Waals surface area (Å²) in [7, 11) is 1.69. The van der Waals surface area contributed by atoms with Crippen LogP contribution in [0.4, 0.5) is 0 Å². The summed E-state index contributed by atoms with van der Waals surface area (Å²) in [6.45, 7) is 6.13. The normalized spacial score (nSPS) is 24.9. The van der Waals surface area contributed by atoms with Crippen LogP contribution in [0.3, 0.4) is 0 Å². The molecule has 0 aromatic carbocycles. The Bertz CT molecular complexity index is 203. The second kappa shape index (κ2) is 2.32. The van der Waals surface area contributed by atoms with Crippen LogP contribution in [-0.2, 0) is 4.79 Å². The van der Waals surface area contributed by atoms with Crippen LogP contribution in [0.1, 0.15) is 20.8 Å².